The molecule has 0 spiro atoms. The molecule has 1 aromatic carbocycles. The van der Waals surface area contributed by atoms with Crippen LogP contribution in [-0.2, 0) is 0 Å². The molecule has 1 atom stereocenters. The number of benzene rings is 1. The Kier molecular flexibility index (Phi) is 2.89. The Morgan fingerprint density at radius 3 is 2.76 bits per heavy atom. The standard InChI is InChI=1S/C13H15N3S/c1-10(11-5-3-2-4-6-11)17-13-15-14-9-16(13)12-7-8-12/h2-6,9-10,12H,7-8H2,1H3. The zero-order valence-electron chi connectivity index (χ0n) is 9.78. The molecule has 0 N–H and O–H groups in total. The number of thioether (sulfide) groups is 1. The Balaban J connectivity index is 1.76. The first-order chi connectivity index (χ1) is 8.34. The van der Waals surface area contributed by atoms with E-state index in [1.165, 1.54) is 18.4 Å². The largest absolute Gasteiger partial charge is 0.306 e. The first-order valence-corrected chi connectivity index (χ1v) is 6.83. The lowest BCUT2D eigenvalue weighted by molar-refractivity contribution is 0.661. The van der Waals surface area contributed by atoms with Crippen LogP contribution in [-0.4, -0.2) is 14.8 Å². The van der Waals surface area contributed by atoms with Gasteiger partial charge in [0.15, 0.2) is 5.16 Å². The Bertz CT molecular complexity index is 490. The summed E-state index contributed by atoms with van der Waals surface area (Å²) >= 11 is 1.79. The van der Waals surface area contributed by atoms with E-state index in [0.29, 0.717) is 11.3 Å². The van der Waals surface area contributed by atoms with Crippen LogP contribution in [0.25, 0.3) is 0 Å². The summed E-state index contributed by atoms with van der Waals surface area (Å²) in [6, 6.07) is 11.2. The highest BCUT2D eigenvalue weighted by Crippen LogP contribution is 2.40. The molecule has 1 aliphatic rings. The molecule has 3 rings (SSSR count). The van der Waals surface area contributed by atoms with Crippen molar-refractivity contribution in [2.24, 2.45) is 0 Å². The number of hydrogen-bond donors (Lipinski definition) is 0. The van der Waals surface area contributed by atoms with Crippen LogP contribution in [0.15, 0.2) is 41.8 Å². The molecule has 1 heterocycles. The quantitative estimate of drug-likeness (QED) is 0.773. The highest BCUT2D eigenvalue weighted by Gasteiger charge is 2.26. The van der Waals surface area contributed by atoms with E-state index in [0.717, 1.165) is 5.16 Å². The molecule has 2 aromatic rings. The van der Waals surface area contributed by atoms with Crippen molar-refractivity contribution < 1.29 is 0 Å². The first kappa shape index (κ1) is 10.8. The van der Waals surface area contributed by atoms with Gasteiger partial charge in [0, 0.05) is 11.3 Å². The highest BCUT2D eigenvalue weighted by molar-refractivity contribution is 7.99. The van der Waals surface area contributed by atoms with Gasteiger partial charge in [0.2, 0.25) is 0 Å². The van der Waals surface area contributed by atoms with Crippen molar-refractivity contribution in [1.29, 1.82) is 0 Å². The average molecular weight is 245 g/mol. The monoisotopic (exact) mass is 245 g/mol. The van der Waals surface area contributed by atoms with Gasteiger partial charge in [-0.05, 0) is 25.3 Å². The van der Waals surface area contributed by atoms with Gasteiger partial charge in [-0.1, -0.05) is 42.1 Å². The number of aromatic nitrogens is 3. The van der Waals surface area contributed by atoms with Gasteiger partial charge in [-0.2, -0.15) is 0 Å². The lowest BCUT2D eigenvalue weighted by Crippen LogP contribution is -1.96. The van der Waals surface area contributed by atoms with Crippen molar-refractivity contribution >= 4 is 11.8 Å². The van der Waals surface area contributed by atoms with E-state index < -0.39 is 0 Å². The number of hydrogen-bond acceptors (Lipinski definition) is 3. The molecule has 88 valence electrons. The smallest absolute Gasteiger partial charge is 0.191 e. The predicted octanol–water partition coefficient (Wildman–Crippen LogP) is 3.47. The van der Waals surface area contributed by atoms with Gasteiger partial charge in [0.05, 0.1) is 0 Å². The van der Waals surface area contributed by atoms with Gasteiger partial charge in [-0.25, -0.2) is 0 Å². The summed E-state index contributed by atoms with van der Waals surface area (Å²) in [5.74, 6) is 0. The lowest BCUT2D eigenvalue weighted by atomic mass is 10.2. The SMILES string of the molecule is CC(Sc1nncn1C1CC1)c1ccccc1. The van der Waals surface area contributed by atoms with Crippen LogP contribution in [0.2, 0.25) is 0 Å². The van der Waals surface area contributed by atoms with Crippen LogP contribution in [0.5, 0.6) is 0 Å². The van der Waals surface area contributed by atoms with Gasteiger partial charge < -0.3 is 4.57 Å². The second-order valence-electron chi connectivity index (χ2n) is 4.42. The molecule has 1 aromatic heterocycles. The van der Waals surface area contributed by atoms with Gasteiger partial charge in [0.1, 0.15) is 6.33 Å². The summed E-state index contributed by atoms with van der Waals surface area (Å²) in [5.41, 5.74) is 1.34. The van der Waals surface area contributed by atoms with Gasteiger partial charge in [0.25, 0.3) is 0 Å². The topological polar surface area (TPSA) is 30.7 Å². The van der Waals surface area contributed by atoms with Crippen LogP contribution >= 0.6 is 11.8 Å². The van der Waals surface area contributed by atoms with Gasteiger partial charge in [-0.15, -0.1) is 10.2 Å². The molecular formula is C13H15N3S. The summed E-state index contributed by atoms with van der Waals surface area (Å²) in [5, 5.41) is 9.70. The van der Waals surface area contributed by atoms with E-state index in [1.54, 1.807) is 11.8 Å². The van der Waals surface area contributed by atoms with E-state index in [-0.39, 0.29) is 0 Å². The predicted molar refractivity (Wildman–Crippen MR) is 69.0 cm³/mol. The molecule has 0 bridgehead atoms. The minimum atomic E-state index is 0.415. The Labute approximate surface area is 105 Å². The summed E-state index contributed by atoms with van der Waals surface area (Å²) in [6.07, 6.45) is 4.40. The third-order valence-corrected chi connectivity index (χ3v) is 4.16. The molecule has 0 aliphatic heterocycles. The lowest BCUT2D eigenvalue weighted by Gasteiger charge is -2.11. The fourth-order valence-corrected chi connectivity index (χ4v) is 2.89. The zero-order chi connectivity index (χ0) is 11.7. The Morgan fingerprint density at radius 1 is 1.29 bits per heavy atom. The van der Waals surface area contributed by atoms with Crippen LogP contribution in [0.4, 0.5) is 0 Å². The maximum absolute atomic E-state index is 4.22. The molecule has 1 saturated carbocycles. The van der Waals surface area contributed by atoms with Crippen molar-refractivity contribution in [3.8, 4) is 0 Å². The van der Waals surface area contributed by atoms with E-state index in [4.69, 9.17) is 0 Å². The highest BCUT2D eigenvalue weighted by atomic mass is 32.2. The maximum Gasteiger partial charge on any atom is 0.191 e. The average Bonchev–Trinajstić information content (AvgIpc) is 3.11. The van der Waals surface area contributed by atoms with Gasteiger partial charge in [-0.3, -0.25) is 0 Å². The molecule has 3 nitrogen and oxygen atoms in total. The molecule has 1 unspecified atom stereocenters. The second kappa shape index (κ2) is 4.53. The van der Waals surface area contributed by atoms with Crippen LogP contribution in [0, 0.1) is 0 Å². The molecular weight excluding hydrogens is 230 g/mol. The van der Waals surface area contributed by atoms with Crippen molar-refractivity contribution in [2.75, 3.05) is 0 Å². The van der Waals surface area contributed by atoms with Gasteiger partial charge >= 0.3 is 0 Å². The minimum absolute atomic E-state index is 0.415. The molecule has 0 amide bonds. The second-order valence-corrected chi connectivity index (χ2v) is 5.73. The van der Waals surface area contributed by atoms with Crippen LogP contribution in [0.1, 0.15) is 36.6 Å². The fourth-order valence-electron chi connectivity index (χ4n) is 1.87. The number of nitrogens with zero attached hydrogens (tertiary/aromatic N) is 3. The molecule has 4 heteroatoms. The van der Waals surface area contributed by atoms with Crippen LogP contribution in [0.3, 0.4) is 0 Å². The third-order valence-electron chi connectivity index (χ3n) is 3.03. The molecule has 0 saturated heterocycles. The van der Waals surface area contributed by atoms with Crippen molar-refractivity contribution in [3.63, 3.8) is 0 Å². The Hall–Kier alpha value is -1.29. The summed E-state index contributed by atoms with van der Waals surface area (Å²) in [4.78, 5) is 0. The van der Waals surface area contributed by atoms with Crippen molar-refractivity contribution in [1.82, 2.24) is 14.8 Å². The summed E-state index contributed by atoms with van der Waals surface area (Å²) < 4.78 is 2.21. The molecule has 1 aliphatic carbocycles. The molecule has 0 radical (unpaired) electrons. The van der Waals surface area contributed by atoms with Crippen molar-refractivity contribution in [3.05, 3.63) is 42.2 Å². The van der Waals surface area contributed by atoms with E-state index in [1.807, 2.05) is 12.4 Å². The van der Waals surface area contributed by atoms with E-state index in [2.05, 4.69) is 46.0 Å². The third kappa shape index (κ3) is 2.36. The normalized spacial score (nSPS) is 17.0. The minimum Gasteiger partial charge on any atom is -0.306 e. The van der Waals surface area contributed by atoms with E-state index in [9.17, 15) is 0 Å². The fraction of sp³-hybridized carbons (Fsp3) is 0.385. The summed E-state index contributed by atoms with van der Waals surface area (Å²) in [6.45, 7) is 2.21. The molecule has 17 heavy (non-hydrogen) atoms. The summed E-state index contributed by atoms with van der Waals surface area (Å²) in [7, 11) is 0. The van der Waals surface area contributed by atoms with Crippen LogP contribution < -0.4 is 0 Å². The van der Waals surface area contributed by atoms with Crippen molar-refractivity contribution in [2.45, 2.75) is 36.2 Å². The maximum atomic E-state index is 4.22. The number of rotatable bonds is 4. The first-order valence-electron chi connectivity index (χ1n) is 5.95. The molecule has 1 fully saturated rings. The van der Waals surface area contributed by atoms with E-state index >= 15 is 0 Å². The zero-order valence-corrected chi connectivity index (χ0v) is 10.6. The Morgan fingerprint density at radius 2 is 2.06 bits per heavy atom.